The number of hydrogen-bond acceptors (Lipinski definition) is 6. The summed E-state index contributed by atoms with van der Waals surface area (Å²) in [6.07, 6.45) is 1.47. The summed E-state index contributed by atoms with van der Waals surface area (Å²) in [5.41, 5.74) is 1.63. The van der Waals surface area contributed by atoms with Crippen molar-refractivity contribution in [3.63, 3.8) is 0 Å². The SMILES string of the molecule is COc1ccc(-c2nc(-c3ccc(Cn4ccc(=O)[nH]c4=O)cc3)no2)cc1. The van der Waals surface area contributed by atoms with Crippen LogP contribution in [0.3, 0.4) is 0 Å². The average Bonchev–Trinajstić information content (AvgIpc) is 3.21. The number of nitrogens with zero attached hydrogens (tertiary/aromatic N) is 3. The second-order valence-corrected chi connectivity index (χ2v) is 6.09. The van der Waals surface area contributed by atoms with Crippen LogP contribution in [-0.2, 0) is 6.54 Å². The Morgan fingerprint density at radius 3 is 2.39 bits per heavy atom. The van der Waals surface area contributed by atoms with Gasteiger partial charge in [-0.1, -0.05) is 29.4 Å². The van der Waals surface area contributed by atoms with Gasteiger partial charge in [0.25, 0.3) is 11.4 Å². The van der Waals surface area contributed by atoms with E-state index in [-0.39, 0.29) is 0 Å². The molecule has 0 spiro atoms. The fraction of sp³-hybridized carbons (Fsp3) is 0.100. The molecule has 2 aromatic heterocycles. The lowest BCUT2D eigenvalue weighted by molar-refractivity contribution is 0.414. The molecule has 0 saturated carbocycles. The maximum atomic E-state index is 11.8. The standard InChI is InChI=1S/C20H16N4O4/c1-27-16-8-6-15(7-9-16)19-22-18(23-28-19)14-4-2-13(3-5-14)12-24-11-10-17(25)21-20(24)26/h2-11H,12H2,1H3,(H,21,25,26). The van der Waals surface area contributed by atoms with E-state index in [9.17, 15) is 9.59 Å². The summed E-state index contributed by atoms with van der Waals surface area (Å²) >= 11 is 0. The molecule has 4 aromatic rings. The van der Waals surface area contributed by atoms with Gasteiger partial charge in [0.1, 0.15) is 5.75 Å². The lowest BCUT2D eigenvalue weighted by atomic mass is 10.1. The Hall–Kier alpha value is -3.94. The van der Waals surface area contributed by atoms with E-state index in [0.717, 1.165) is 22.4 Å². The third-order valence-corrected chi connectivity index (χ3v) is 4.22. The highest BCUT2D eigenvalue weighted by molar-refractivity contribution is 5.60. The minimum Gasteiger partial charge on any atom is -0.497 e. The van der Waals surface area contributed by atoms with Gasteiger partial charge in [0, 0.05) is 23.4 Å². The Kier molecular flexibility index (Phi) is 4.59. The molecule has 0 aliphatic heterocycles. The number of aromatic nitrogens is 4. The lowest BCUT2D eigenvalue weighted by Crippen LogP contribution is -2.28. The minimum absolute atomic E-state index is 0.346. The second-order valence-electron chi connectivity index (χ2n) is 6.09. The molecule has 2 heterocycles. The summed E-state index contributed by atoms with van der Waals surface area (Å²) in [6, 6.07) is 16.1. The molecule has 0 radical (unpaired) electrons. The van der Waals surface area contributed by atoms with Crippen molar-refractivity contribution in [3.05, 3.63) is 87.2 Å². The van der Waals surface area contributed by atoms with Crippen LogP contribution in [0.15, 0.2) is 74.9 Å². The van der Waals surface area contributed by atoms with Gasteiger partial charge in [-0.25, -0.2) is 4.79 Å². The summed E-state index contributed by atoms with van der Waals surface area (Å²) in [6.45, 7) is 0.346. The first-order chi connectivity index (χ1) is 13.6. The normalized spacial score (nSPS) is 10.8. The van der Waals surface area contributed by atoms with Gasteiger partial charge in [0.05, 0.1) is 13.7 Å². The number of methoxy groups -OCH3 is 1. The van der Waals surface area contributed by atoms with E-state index in [0.29, 0.717) is 18.3 Å². The minimum atomic E-state index is -0.445. The number of ether oxygens (including phenoxy) is 1. The van der Waals surface area contributed by atoms with Crippen molar-refractivity contribution in [3.8, 4) is 28.6 Å². The number of H-pyrrole nitrogens is 1. The van der Waals surface area contributed by atoms with Crippen LogP contribution < -0.4 is 16.0 Å². The van der Waals surface area contributed by atoms with Crippen LogP contribution >= 0.6 is 0 Å². The number of benzene rings is 2. The molecule has 140 valence electrons. The zero-order chi connectivity index (χ0) is 19.5. The predicted octanol–water partition coefficient (Wildman–Crippen LogP) is 2.31. The van der Waals surface area contributed by atoms with Crippen molar-refractivity contribution >= 4 is 0 Å². The zero-order valence-electron chi connectivity index (χ0n) is 15.0. The fourth-order valence-electron chi connectivity index (χ4n) is 2.72. The molecule has 0 unspecified atom stereocenters. The highest BCUT2D eigenvalue weighted by Crippen LogP contribution is 2.24. The van der Waals surface area contributed by atoms with E-state index < -0.39 is 11.2 Å². The van der Waals surface area contributed by atoms with Crippen LogP contribution in [-0.4, -0.2) is 26.8 Å². The molecule has 0 fully saturated rings. The molecule has 0 aliphatic rings. The summed E-state index contributed by atoms with van der Waals surface area (Å²) in [7, 11) is 1.61. The molecule has 0 bridgehead atoms. The summed E-state index contributed by atoms with van der Waals surface area (Å²) in [5, 5.41) is 4.03. The van der Waals surface area contributed by atoms with E-state index in [4.69, 9.17) is 9.26 Å². The third kappa shape index (κ3) is 3.61. The quantitative estimate of drug-likeness (QED) is 0.573. The molecule has 2 aromatic carbocycles. The van der Waals surface area contributed by atoms with E-state index in [1.54, 1.807) is 7.11 Å². The van der Waals surface area contributed by atoms with Gasteiger partial charge in [-0.2, -0.15) is 4.98 Å². The monoisotopic (exact) mass is 376 g/mol. The number of rotatable bonds is 5. The molecule has 8 heteroatoms. The molecule has 0 aliphatic carbocycles. The van der Waals surface area contributed by atoms with Crippen LogP contribution in [0.1, 0.15) is 5.56 Å². The molecule has 0 atom stereocenters. The fourth-order valence-corrected chi connectivity index (χ4v) is 2.72. The van der Waals surface area contributed by atoms with E-state index in [2.05, 4.69) is 15.1 Å². The Balaban J connectivity index is 1.53. The van der Waals surface area contributed by atoms with Crippen molar-refractivity contribution in [2.45, 2.75) is 6.54 Å². The van der Waals surface area contributed by atoms with Crippen molar-refractivity contribution < 1.29 is 9.26 Å². The van der Waals surface area contributed by atoms with Crippen LogP contribution in [0.25, 0.3) is 22.8 Å². The molecular formula is C20H16N4O4. The predicted molar refractivity (Wildman–Crippen MR) is 102 cm³/mol. The van der Waals surface area contributed by atoms with Crippen molar-refractivity contribution in [1.82, 2.24) is 19.7 Å². The molecule has 4 rings (SSSR count). The molecule has 28 heavy (non-hydrogen) atoms. The van der Waals surface area contributed by atoms with Crippen LogP contribution in [0, 0.1) is 0 Å². The lowest BCUT2D eigenvalue weighted by Gasteiger charge is -2.05. The van der Waals surface area contributed by atoms with Gasteiger partial charge in [-0.05, 0) is 29.8 Å². The van der Waals surface area contributed by atoms with E-state index in [1.807, 2.05) is 48.5 Å². The Bertz CT molecular complexity index is 1200. The third-order valence-electron chi connectivity index (χ3n) is 4.22. The summed E-state index contributed by atoms with van der Waals surface area (Å²) < 4.78 is 11.9. The molecule has 0 amide bonds. The summed E-state index contributed by atoms with van der Waals surface area (Å²) in [4.78, 5) is 29.6. The molecular weight excluding hydrogens is 360 g/mol. The van der Waals surface area contributed by atoms with Gasteiger partial charge in [0.2, 0.25) is 5.82 Å². The highest BCUT2D eigenvalue weighted by Gasteiger charge is 2.11. The Labute approximate surface area is 159 Å². The van der Waals surface area contributed by atoms with Crippen molar-refractivity contribution in [2.24, 2.45) is 0 Å². The van der Waals surface area contributed by atoms with Gasteiger partial charge < -0.3 is 9.26 Å². The zero-order valence-corrected chi connectivity index (χ0v) is 15.0. The second kappa shape index (κ2) is 7.36. The van der Waals surface area contributed by atoms with Gasteiger partial charge in [-0.15, -0.1) is 0 Å². The van der Waals surface area contributed by atoms with E-state index in [1.165, 1.54) is 16.8 Å². The first-order valence-electron chi connectivity index (χ1n) is 8.49. The number of hydrogen-bond donors (Lipinski definition) is 1. The largest absolute Gasteiger partial charge is 0.497 e. The smallest absolute Gasteiger partial charge is 0.328 e. The van der Waals surface area contributed by atoms with E-state index >= 15 is 0 Å². The van der Waals surface area contributed by atoms with Crippen LogP contribution in [0.5, 0.6) is 5.75 Å². The Morgan fingerprint density at radius 2 is 1.71 bits per heavy atom. The van der Waals surface area contributed by atoms with Crippen molar-refractivity contribution in [1.29, 1.82) is 0 Å². The van der Waals surface area contributed by atoms with Gasteiger partial charge in [-0.3, -0.25) is 14.3 Å². The number of nitrogens with one attached hydrogen (secondary N) is 1. The topological polar surface area (TPSA) is 103 Å². The Morgan fingerprint density at radius 1 is 1.00 bits per heavy atom. The maximum absolute atomic E-state index is 11.8. The molecule has 1 N–H and O–H groups in total. The van der Waals surface area contributed by atoms with Gasteiger partial charge in [0.15, 0.2) is 0 Å². The number of aromatic amines is 1. The first kappa shape index (κ1) is 17.5. The maximum Gasteiger partial charge on any atom is 0.328 e. The summed E-state index contributed by atoms with van der Waals surface area (Å²) in [5.74, 6) is 1.64. The van der Waals surface area contributed by atoms with Crippen molar-refractivity contribution in [2.75, 3.05) is 7.11 Å². The molecule has 8 nitrogen and oxygen atoms in total. The first-order valence-corrected chi connectivity index (χ1v) is 8.49. The van der Waals surface area contributed by atoms with Gasteiger partial charge >= 0.3 is 5.69 Å². The van der Waals surface area contributed by atoms with Crippen LogP contribution in [0.4, 0.5) is 0 Å². The van der Waals surface area contributed by atoms with Crippen LogP contribution in [0.2, 0.25) is 0 Å². The molecule has 0 saturated heterocycles. The highest BCUT2D eigenvalue weighted by atomic mass is 16.5. The average molecular weight is 376 g/mol.